The van der Waals surface area contributed by atoms with Crippen molar-refractivity contribution in [2.24, 2.45) is 11.8 Å². The Labute approximate surface area is 74.4 Å². The van der Waals surface area contributed by atoms with Crippen LogP contribution in [-0.2, 0) is 0 Å². The first-order valence-corrected chi connectivity index (χ1v) is 5.19. The molecule has 1 saturated heterocycles. The van der Waals surface area contributed by atoms with Crippen LogP contribution in [-0.4, -0.2) is 23.8 Å². The Kier molecular flexibility index (Phi) is 2.37. The lowest BCUT2D eigenvalue weighted by atomic mass is 9.73. The van der Waals surface area contributed by atoms with Gasteiger partial charge in [-0.3, -0.25) is 0 Å². The van der Waals surface area contributed by atoms with Crippen LogP contribution in [0.5, 0.6) is 0 Å². The molecule has 2 rings (SSSR count). The first-order chi connectivity index (χ1) is 5.77. The van der Waals surface area contributed by atoms with Crippen LogP contribution in [0, 0.1) is 11.8 Å². The van der Waals surface area contributed by atoms with Crippen molar-refractivity contribution < 1.29 is 5.11 Å². The van der Waals surface area contributed by atoms with Crippen molar-refractivity contribution in [3.05, 3.63) is 0 Å². The molecule has 0 aromatic carbocycles. The Bertz CT molecular complexity index is 160. The average molecular weight is 169 g/mol. The first kappa shape index (κ1) is 8.52. The van der Waals surface area contributed by atoms with E-state index in [4.69, 9.17) is 0 Å². The van der Waals surface area contributed by atoms with Gasteiger partial charge in [-0.25, -0.2) is 0 Å². The molecule has 12 heavy (non-hydrogen) atoms. The molecule has 2 heteroatoms. The highest BCUT2D eigenvalue weighted by atomic mass is 16.3. The summed E-state index contributed by atoms with van der Waals surface area (Å²) >= 11 is 0. The van der Waals surface area contributed by atoms with E-state index in [1.165, 1.54) is 19.3 Å². The third-order valence-corrected chi connectivity index (χ3v) is 3.43. The van der Waals surface area contributed by atoms with Gasteiger partial charge in [0.2, 0.25) is 0 Å². The number of hydrogen-bond acceptors (Lipinski definition) is 2. The highest BCUT2D eigenvalue weighted by molar-refractivity contribution is 4.91. The van der Waals surface area contributed by atoms with Crippen molar-refractivity contribution >= 4 is 0 Å². The van der Waals surface area contributed by atoms with Gasteiger partial charge in [0.05, 0.1) is 6.10 Å². The predicted octanol–water partition coefficient (Wildman–Crippen LogP) is 1.15. The maximum Gasteiger partial charge on any atom is 0.0585 e. The zero-order valence-corrected chi connectivity index (χ0v) is 7.79. The van der Waals surface area contributed by atoms with Gasteiger partial charge in [-0.1, -0.05) is 6.92 Å². The molecule has 2 N–H and O–H groups in total. The normalized spacial score (nSPS) is 48.5. The minimum absolute atomic E-state index is 0.0356. The molecular weight excluding hydrogens is 150 g/mol. The number of rotatable bonds is 0. The molecule has 1 aliphatic heterocycles. The van der Waals surface area contributed by atoms with E-state index in [0.717, 1.165) is 13.0 Å². The number of aliphatic hydroxyl groups excluding tert-OH is 1. The number of piperidine rings is 1. The maximum atomic E-state index is 9.83. The van der Waals surface area contributed by atoms with E-state index < -0.39 is 0 Å². The molecule has 0 aromatic rings. The van der Waals surface area contributed by atoms with Crippen molar-refractivity contribution in [3.8, 4) is 0 Å². The Balaban J connectivity index is 2.01. The van der Waals surface area contributed by atoms with Gasteiger partial charge in [0, 0.05) is 12.0 Å². The maximum absolute atomic E-state index is 9.83. The molecule has 1 aliphatic carbocycles. The lowest BCUT2D eigenvalue weighted by molar-refractivity contribution is 0.0107. The fourth-order valence-electron chi connectivity index (χ4n) is 2.81. The van der Waals surface area contributed by atoms with Crippen molar-refractivity contribution in [3.63, 3.8) is 0 Å². The van der Waals surface area contributed by atoms with Crippen molar-refractivity contribution in [2.45, 2.75) is 44.8 Å². The van der Waals surface area contributed by atoms with Gasteiger partial charge >= 0.3 is 0 Å². The number of aliphatic hydroxyl groups is 1. The third-order valence-electron chi connectivity index (χ3n) is 3.43. The Morgan fingerprint density at radius 1 is 1.33 bits per heavy atom. The SMILES string of the molecule is CC1CC(O)C2CCCNC2C1. The zero-order chi connectivity index (χ0) is 8.55. The molecule has 0 amide bonds. The van der Waals surface area contributed by atoms with Gasteiger partial charge in [-0.05, 0) is 38.1 Å². The smallest absolute Gasteiger partial charge is 0.0585 e. The van der Waals surface area contributed by atoms with Gasteiger partial charge in [0.1, 0.15) is 0 Å². The average Bonchev–Trinajstić information content (AvgIpc) is 2.04. The lowest BCUT2D eigenvalue weighted by Gasteiger charge is -2.42. The quantitative estimate of drug-likeness (QED) is 0.570. The third kappa shape index (κ3) is 1.50. The second-order valence-electron chi connectivity index (χ2n) is 4.51. The minimum Gasteiger partial charge on any atom is -0.393 e. The van der Waals surface area contributed by atoms with Gasteiger partial charge in [-0.2, -0.15) is 0 Å². The fourth-order valence-corrected chi connectivity index (χ4v) is 2.81. The van der Waals surface area contributed by atoms with Crippen LogP contribution in [0.2, 0.25) is 0 Å². The second-order valence-corrected chi connectivity index (χ2v) is 4.51. The molecule has 4 unspecified atom stereocenters. The molecule has 2 nitrogen and oxygen atoms in total. The molecule has 0 aromatic heterocycles. The van der Waals surface area contributed by atoms with Gasteiger partial charge in [-0.15, -0.1) is 0 Å². The van der Waals surface area contributed by atoms with Crippen molar-refractivity contribution in [1.29, 1.82) is 0 Å². The highest BCUT2D eigenvalue weighted by Crippen LogP contribution is 2.33. The summed E-state index contributed by atoms with van der Waals surface area (Å²) in [4.78, 5) is 0. The summed E-state index contributed by atoms with van der Waals surface area (Å²) in [5.41, 5.74) is 0. The standard InChI is InChI=1S/C10H19NO/c1-7-5-9-8(10(12)6-7)3-2-4-11-9/h7-12H,2-6H2,1H3. The van der Waals surface area contributed by atoms with E-state index in [-0.39, 0.29) is 6.10 Å². The molecule has 0 spiro atoms. The van der Waals surface area contributed by atoms with E-state index in [0.29, 0.717) is 17.9 Å². The minimum atomic E-state index is -0.0356. The molecule has 0 radical (unpaired) electrons. The Morgan fingerprint density at radius 3 is 3.00 bits per heavy atom. The highest BCUT2D eigenvalue weighted by Gasteiger charge is 2.36. The molecule has 70 valence electrons. The summed E-state index contributed by atoms with van der Waals surface area (Å²) in [7, 11) is 0. The fraction of sp³-hybridized carbons (Fsp3) is 1.00. The van der Waals surface area contributed by atoms with E-state index in [1.54, 1.807) is 0 Å². The summed E-state index contributed by atoms with van der Waals surface area (Å²) < 4.78 is 0. The number of hydrogen-bond donors (Lipinski definition) is 2. The molecule has 0 bridgehead atoms. The van der Waals surface area contributed by atoms with Crippen LogP contribution in [0.3, 0.4) is 0 Å². The Morgan fingerprint density at radius 2 is 2.17 bits per heavy atom. The van der Waals surface area contributed by atoms with Crippen molar-refractivity contribution in [1.82, 2.24) is 5.32 Å². The molecule has 2 fully saturated rings. The van der Waals surface area contributed by atoms with Crippen LogP contribution in [0.15, 0.2) is 0 Å². The monoisotopic (exact) mass is 169 g/mol. The molecule has 1 heterocycles. The van der Waals surface area contributed by atoms with Crippen LogP contribution < -0.4 is 5.32 Å². The largest absolute Gasteiger partial charge is 0.393 e. The van der Waals surface area contributed by atoms with E-state index >= 15 is 0 Å². The lowest BCUT2D eigenvalue weighted by Crippen LogP contribution is -2.50. The first-order valence-electron chi connectivity index (χ1n) is 5.19. The summed E-state index contributed by atoms with van der Waals surface area (Å²) in [6.07, 6.45) is 4.72. The number of nitrogens with one attached hydrogen (secondary N) is 1. The van der Waals surface area contributed by atoms with Crippen LogP contribution >= 0.6 is 0 Å². The summed E-state index contributed by atoms with van der Waals surface area (Å²) in [6.45, 7) is 3.40. The van der Waals surface area contributed by atoms with E-state index in [9.17, 15) is 5.11 Å². The van der Waals surface area contributed by atoms with Crippen molar-refractivity contribution in [2.75, 3.05) is 6.54 Å². The molecule has 2 aliphatic rings. The Hall–Kier alpha value is -0.0800. The van der Waals surface area contributed by atoms with Crippen LogP contribution in [0.25, 0.3) is 0 Å². The molecular formula is C10H19NO. The zero-order valence-electron chi connectivity index (χ0n) is 7.79. The molecule has 4 atom stereocenters. The summed E-state index contributed by atoms with van der Waals surface area (Å²) in [6, 6.07) is 0.609. The van der Waals surface area contributed by atoms with Gasteiger partial charge in [0.15, 0.2) is 0 Å². The van der Waals surface area contributed by atoms with E-state index in [1.807, 2.05) is 0 Å². The van der Waals surface area contributed by atoms with Gasteiger partial charge < -0.3 is 10.4 Å². The summed E-state index contributed by atoms with van der Waals surface area (Å²) in [5, 5.41) is 13.4. The van der Waals surface area contributed by atoms with Crippen LogP contribution in [0.4, 0.5) is 0 Å². The summed E-state index contributed by atoms with van der Waals surface area (Å²) in [5.74, 6) is 1.25. The van der Waals surface area contributed by atoms with Gasteiger partial charge in [0.25, 0.3) is 0 Å². The second kappa shape index (κ2) is 3.35. The molecule has 1 saturated carbocycles. The van der Waals surface area contributed by atoms with Crippen LogP contribution in [0.1, 0.15) is 32.6 Å². The predicted molar refractivity (Wildman–Crippen MR) is 48.9 cm³/mol. The number of fused-ring (bicyclic) bond motifs is 1. The van der Waals surface area contributed by atoms with E-state index in [2.05, 4.69) is 12.2 Å². The topological polar surface area (TPSA) is 32.3 Å².